The van der Waals surface area contributed by atoms with E-state index in [0.717, 1.165) is 23.5 Å². The van der Waals surface area contributed by atoms with E-state index in [2.05, 4.69) is 23.8 Å². The normalized spacial score (nSPS) is 10.8. The van der Waals surface area contributed by atoms with Crippen LogP contribution in [0, 0.1) is 0 Å². The predicted octanol–water partition coefficient (Wildman–Crippen LogP) is 2.79. The lowest BCUT2D eigenvalue weighted by Crippen LogP contribution is -1.96. The van der Waals surface area contributed by atoms with Gasteiger partial charge in [0.25, 0.3) is 0 Å². The fourth-order valence-electron chi connectivity index (χ4n) is 1.85. The average molecular weight is 247 g/mol. The van der Waals surface area contributed by atoms with Gasteiger partial charge in [0.2, 0.25) is 0 Å². The monoisotopic (exact) mass is 247 g/mol. The second kappa shape index (κ2) is 5.38. The topological polar surface area (TPSA) is 51.8 Å². The van der Waals surface area contributed by atoms with Gasteiger partial charge in [-0.05, 0) is 24.5 Å². The summed E-state index contributed by atoms with van der Waals surface area (Å²) < 4.78 is 0. The van der Waals surface area contributed by atoms with E-state index in [-0.39, 0.29) is 0 Å². The van der Waals surface area contributed by atoms with Crippen molar-refractivity contribution in [2.45, 2.75) is 33.2 Å². The van der Waals surface area contributed by atoms with Crippen LogP contribution in [0.25, 0.3) is 10.6 Å². The highest BCUT2D eigenvalue weighted by Gasteiger charge is 2.12. The molecule has 3 nitrogen and oxygen atoms in total. The molecule has 0 saturated carbocycles. The van der Waals surface area contributed by atoms with Crippen LogP contribution in [-0.4, -0.2) is 9.97 Å². The van der Waals surface area contributed by atoms with Crippen molar-refractivity contribution in [2.24, 2.45) is 5.73 Å². The SMILES string of the molecule is CCc1cnccc1-c1nc(CC)c(CN)s1. The van der Waals surface area contributed by atoms with Gasteiger partial charge in [-0.1, -0.05) is 13.8 Å². The highest BCUT2D eigenvalue weighted by molar-refractivity contribution is 7.15. The molecular formula is C13H17N3S. The first-order valence-electron chi connectivity index (χ1n) is 5.92. The molecule has 0 fully saturated rings. The van der Waals surface area contributed by atoms with E-state index in [1.807, 2.05) is 18.5 Å². The molecule has 0 saturated heterocycles. The molecule has 0 aliphatic heterocycles. The van der Waals surface area contributed by atoms with Crippen LogP contribution in [0.3, 0.4) is 0 Å². The third-order valence-electron chi connectivity index (χ3n) is 2.81. The summed E-state index contributed by atoms with van der Waals surface area (Å²) in [4.78, 5) is 10.0. The van der Waals surface area contributed by atoms with Gasteiger partial charge in [-0.15, -0.1) is 11.3 Å². The minimum atomic E-state index is 0.577. The summed E-state index contributed by atoms with van der Waals surface area (Å²) in [7, 11) is 0. The molecule has 0 aliphatic rings. The molecule has 0 unspecified atom stereocenters. The lowest BCUT2D eigenvalue weighted by molar-refractivity contribution is 0.988. The second-order valence-electron chi connectivity index (χ2n) is 3.83. The molecule has 90 valence electrons. The van der Waals surface area contributed by atoms with Gasteiger partial charge < -0.3 is 5.73 Å². The molecule has 2 heterocycles. The molecule has 0 bridgehead atoms. The van der Waals surface area contributed by atoms with Crippen molar-refractivity contribution < 1.29 is 0 Å². The van der Waals surface area contributed by atoms with Gasteiger partial charge in [0.05, 0.1) is 5.69 Å². The number of nitrogens with zero attached hydrogens (tertiary/aromatic N) is 2. The van der Waals surface area contributed by atoms with E-state index in [4.69, 9.17) is 5.73 Å². The van der Waals surface area contributed by atoms with Crippen molar-refractivity contribution in [2.75, 3.05) is 0 Å². The van der Waals surface area contributed by atoms with Crippen molar-refractivity contribution in [1.29, 1.82) is 0 Å². The van der Waals surface area contributed by atoms with E-state index in [0.29, 0.717) is 6.54 Å². The second-order valence-corrected chi connectivity index (χ2v) is 4.92. The van der Waals surface area contributed by atoms with Gasteiger partial charge >= 0.3 is 0 Å². The molecule has 2 N–H and O–H groups in total. The predicted molar refractivity (Wildman–Crippen MR) is 72.0 cm³/mol. The zero-order valence-electron chi connectivity index (χ0n) is 10.2. The number of hydrogen-bond donors (Lipinski definition) is 1. The molecule has 0 aromatic carbocycles. The number of rotatable bonds is 4. The number of hydrogen-bond acceptors (Lipinski definition) is 4. The summed E-state index contributed by atoms with van der Waals surface area (Å²) in [5.74, 6) is 0. The van der Waals surface area contributed by atoms with Gasteiger partial charge in [-0.3, -0.25) is 4.98 Å². The first-order valence-corrected chi connectivity index (χ1v) is 6.73. The summed E-state index contributed by atoms with van der Waals surface area (Å²) in [6.45, 7) is 4.83. The van der Waals surface area contributed by atoms with E-state index in [1.165, 1.54) is 16.0 Å². The van der Waals surface area contributed by atoms with Crippen molar-refractivity contribution in [3.63, 3.8) is 0 Å². The van der Waals surface area contributed by atoms with Gasteiger partial charge in [0, 0.05) is 29.4 Å². The fourth-order valence-corrected chi connectivity index (χ4v) is 2.94. The quantitative estimate of drug-likeness (QED) is 0.904. The molecule has 0 spiro atoms. The van der Waals surface area contributed by atoms with Gasteiger partial charge in [0.15, 0.2) is 0 Å². The summed E-state index contributed by atoms with van der Waals surface area (Å²) in [5, 5.41) is 1.07. The summed E-state index contributed by atoms with van der Waals surface area (Å²) in [5.41, 5.74) is 9.32. The molecule has 4 heteroatoms. The Morgan fingerprint density at radius 1 is 1.29 bits per heavy atom. The molecule has 2 rings (SSSR count). The van der Waals surface area contributed by atoms with Crippen LogP contribution in [0.2, 0.25) is 0 Å². The van der Waals surface area contributed by atoms with Crippen LogP contribution in [-0.2, 0) is 19.4 Å². The molecule has 0 aliphatic carbocycles. The molecular weight excluding hydrogens is 230 g/mol. The maximum absolute atomic E-state index is 5.75. The Bertz CT molecular complexity index is 484. The number of pyridine rings is 1. The van der Waals surface area contributed by atoms with Crippen LogP contribution >= 0.6 is 11.3 Å². The summed E-state index contributed by atoms with van der Waals surface area (Å²) >= 11 is 1.70. The standard InChI is InChI=1S/C13H17N3S/c1-3-9-8-15-6-5-10(9)13-16-11(4-2)12(7-14)17-13/h5-6,8H,3-4,7,14H2,1-2H3. The third-order valence-corrected chi connectivity index (χ3v) is 3.97. The smallest absolute Gasteiger partial charge is 0.124 e. The third kappa shape index (κ3) is 2.37. The van der Waals surface area contributed by atoms with Crippen molar-refractivity contribution in [3.05, 3.63) is 34.6 Å². The lowest BCUT2D eigenvalue weighted by Gasteiger charge is -2.02. The van der Waals surface area contributed by atoms with Crippen LogP contribution in [0.1, 0.15) is 30.0 Å². The zero-order valence-corrected chi connectivity index (χ0v) is 11.0. The largest absolute Gasteiger partial charge is 0.326 e. The van der Waals surface area contributed by atoms with Crippen LogP contribution in [0.4, 0.5) is 0 Å². The first-order chi connectivity index (χ1) is 8.30. The molecule has 17 heavy (non-hydrogen) atoms. The Labute approximate surface area is 106 Å². The molecule has 0 amide bonds. The highest BCUT2D eigenvalue weighted by atomic mass is 32.1. The van der Waals surface area contributed by atoms with Crippen LogP contribution in [0.15, 0.2) is 18.5 Å². The van der Waals surface area contributed by atoms with Crippen molar-refractivity contribution >= 4 is 11.3 Å². The Morgan fingerprint density at radius 2 is 2.12 bits per heavy atom. The highest BCUT2D eigenvalue weighted by Crippen LogP contribution is 2.30. The maximum atomic E-state index is 5.75. The van der Waals surface area contributed by atoms with E-state index >= 15 is 0 Å². The molecule has 0 atom stereocenters. The van der Waals surface area contributed by atoms with Crippen molar-refractivity contribution in [1.82, 2.24) is 9.97 Å². The van der Waals surface area contributed by atoms with E-state index in [9.17, 15) is 0 Å². The van der Waals surface area contributed by atoms with E-state index in [1.54, 1.807) is 11.3 Å². The maximum Gasteiger partial charge on any atom is 0.124 e. The Morgan fingerprint density at radius 3 is 2.71 bits per heavy atom. The average Bonchev–Trinajstić information content (AvgIpc) is 2.81. The minimum absolute atomic E-state index is 0.577. The Hall–Kier alpha value is -1.26. The summed E-state index contributed by atoms with van der Waals surface area (Å²) in [6, 6.07) is 2.04. The number of aryl methyl sites for hydroxylation is 2. The van der Waals surface area contributed by atoms with Gasteiger partial charge in [-0.2, -0.15) is 0 Å². The van der Waals surface area contributed by atoms with Crippen LogP contribution in [0.5, 0.6) is 0 Å². The van der Waals surface area contributed by atoms with Gasteiger partial charge in [-0.25, -0.2) is 4.98 Å². The number of aromatic nitrogens is 2. The molecule has 2 aromatic rings. The van der Waals surface area contributed by atoms with Crippen molar-refractivity contribution in [3.8, 4) is 10.6 Å². The zero-order chi connectivity index (χ0) is 12.3. The molecule has 0 radical (unpaired) electrons. The fraction of sp³-hybridized carbons (Fsp3) is 0.385. The van der Waals surface area contributed by atoms with Crippen LogP contribution < -0.4 is 5.73 Å². The molecule has 2 aromatic heterocycles. The lowest BCUT2D eigenvalue weighted by atomic mass is 10.1. The summed E-state index contributed by atoms with van der Waals surface area (Å²) in [6.07, 6.45) is 5.66. The Balaban J connectivity index is 2.49. The van der Waals surface area contributed by atoms with Gasteiger partial charge in [0.1, 0.15) is 5.01 Å². The number of thiazole rings is 1. The Kier molecular flexibility index (Phi) is 3.86. The minimum Gasteiger partial charge on any atom is -0.326 e. The first kappa shape index (κ1) is 12.2. The van der Waals surface area contributed by atoms with E-state index < -0.39 is 0 Å². The number of nitrogens with two attached hydrogens (primary N) is 1.